The van der Waals surface area contributed by atoms with Crippen LogP contribution in [0.25, 0.3) is 0 Å². The number of methoxy groups -OCH3 is 2. The van der Waals surface area contributed by atoms with Gasteiger partial charge in [0.1, 0.15) is 28.2 Å². The van der Waals surface area contributed by atoms with Gasteiger partial charge in [0.25, 0.3) is 5.91 Å². The molecule has 0 aromatic heterocycles. The van der Waals surface area contributed by atoms with E-state index in [0.29, 0.717) is 22.9 Å². The van der Waals surface area contributed by atoms with Gasteiger partial charge in [0.2, 0.25) is 5.91 Å². The van der Waals surface area contributed by atoms with Crippen LogP contribution in [0.2, 0.25) is 0 Å². The molecule has 8 heteroatoms. The number of nitriles is 1. The Morgan fingerprint density at radius 1 is 1.17 bits per heavy atom. The van der Waals surface area contributed by atoms with E-state index in [9.17, 15) is 14.9 Å². The number of carbonyl (C=O) groups is 2. The van der Waals surface area contributed by atoms with Gasteiger partial charge in [0.05, 0.1) is 25.2 Å². The van der Waals surface area contributed by atoms with Crippen LogP contribution in [0, 0.1) is 11.3 Å². The molecule has 0 radical (unpaired) electrons. The first-order chi connectivity index (χ1) is 14.5. The third-order valence-corrected chi connectivity index (χ3v) is 5.89. The second-order valence-corrected chi connectivity index (χ2v) is 7.60. The minimum Gasteiger partial charge on any atom is -0.497 e. The fourth-order valence-electron chi connectivity index (χ4n) is 3.07. The Morgan fingerprint density at radius 2 is 1.87 bits per heavy atom. The first-order valence-corrected chi connectivity index (χ1v) is 10.0. The summed E-state index contributed by atoms with van der Waals surface area (Å²) < 4.78 is 10.4. The van der Waals surface area contributed by atoms with Gasteiger partial charge in [0, 0.05) is 13.1 Å². The van der Waals surface area contributed by atoms with Crippen molar-refractivity contribution >= 4 is 29.3 Å². The zero-order chi connectivity index (χ0) is 21.7. The monoisotopic (exact) mass is 423 g/mol. The van der Waals surface area contributed by atoms with E-state index in [4.69, 9.17) is 9.47 Å². The van der Waals surface area contributed by atoms with Gasteiger partial charge < -0.3 is 14.8 Å². The van der Waals surface area contributed by atoms with Gasteiger partial charge in [-0.25, -0.2) is 0 Å². The number of carbonyl (C=O) groups excluding carboxylic acids is 2. The van der Waals surface area contributed by atoms with Crippen molar-refractivity contribution in [1.82, 2.24) is 5.32 Å². The number of amides is 2. The summed E-state index contributed by atoms with van der Waals surface area (Å²) in [5.74, 6) is 0.567. The van der Waals surface area contributed by atoms with Crippen molar-refractivity contribution in [3.05, 3.63) is 64.7 Å². The standard InChI is InChI=1S/C22H21N3O4S/c1-24-20(26)18(13-23)22-25(15-5-4-6-17(12-15)29-3)21(27)19(30-22)11-14-7-9-16(28-2)10-8-14/h4-10,12,19H,11H2,1-3H3,(H,24,26)/b22-18-/t19-/m0/s1. The average molecular weight is 423 g/mol. The number of nitrogens with zero attached hydrogens (tertiary/aromatic N) is 2. The highest BCUT2D eigenvalue weighted by molar-refractivity contribution is 8.05. The normalized spacial score (nSPS) is 17.3. The molecular weight excluding hydrogens is 402 g/mol. The number of nitrogens with one attached hydrogen (secondary N) is 1. The number of hydrogen-bond acceptors (Lipinski definition) is 6. The predicted octanol–water partition coefficient (Wildman–Crippen LogP) is 2.88. The summed E-state index contributed by atoms with van der Waals surface area (Å²) in [7, 11) is 4.58. The largest absolute Gasteiger partial charge is 0.497 e. The van der Waals surface area contributed by atoms with Gasteiger partial charge in [-0.1, -0.05) is 30.0 Å². The number of hydrogen-bond donors (Lipinski definition) is 1. The van der Waals surface area contributed by atoms with Crippen LogP contribution in [0.3, 0.4) is 0 Å². The lowest BCUT2D eigenvalue weighted by Gasteiger charge is -2.19. The Labute approximate surface area is 179 Å². The molecule has 154 valence electrons. The second kappa shape index (κ2) is 9.37. The number of ether oxygens (including phenoxy) is 2. The number of anilines is 1. The summed E-state index contributed by atoms with van der Waals surface area (Å²) in [6, 6.07) is 16.4. The molecule has 7 nitrogen and oxygen atoms in total. The average Bonchev–Trinajstić information content (AvgIpc) is 3.10. The van der Waals surface area contributed by atoms with Gasteiger partial charge in [-0.15, -0.1) is 0 Å². The summed E-state index contributed by atoms with van der Waals surface area (Å²) in [5.41, 5.74) is 1.39. The molecule has 0 aliphatic carbocycles. The van der Waals surface area contributed by atoms with Gasteiger partial charge in [0.15, 0.2) is 0 Å². The molecule has 0 saturated carbocycles. The Balaban J connectivity index is 2.02. The maximum atomic E-state index is 13.3. The van der Waals surface area contributed by atoms with Crippen LogP contribution in [0.5, 0.6) is 11.5 Å². The number of benzene rings is 2. The van der Waals surface area contributed by atoms with Crippen molar-refractivity contribution in [1.29, 1.82) is 5.26 Å². The Bertz CT molecular complexity index is 1030. The third-order valence-electron chi connectivity index (χ3n) is 4.62. The van der Waals surface area contributed by atoms with E-state index in [1.165, 1.54) is 30.8 Å². The van der Waals surface area contributed by atoms with E-state index in [2.05, 4.69) is 5.32 Å². The first-order valence-electron chi connectivity index (χ1n) is 9.16. The lowest BCUT2D eigenvalue weighted by molar-refractivity contribution is -0.117. The zero-order valence-electron chi connectivity index (χ0n) is 16.8. The maximum absolute atomic E-state index is 13.3. The minimum absolute atomic E-state index is 0.101. The molecule has 1 atom stereocenters. The summed E-state index contributed by atoms with van der Waals surface area (Å²) >= 11 is 1.22. The topological polar surface area (TPSA) is 91.7 Å². The third kappa shape index (κ3) is 4.26. The lowest BCUT2D eigenvalue weighted by atomic mass is 10.1. The number of thioether (sulfide) groups is 1. The first kappa shape index (κ1) is 21.3. The molecule has 0 unspecified atom stereocenters. The summed E-state index contributed by atoms with van der Waals surface area (Å²) in [6.07, 6.45) is 0.448. The van der Waals surface area contributed by atoms with E-state index in [-0.39, 0.29) is 11.5 Å². The highest BCUT2D eigenvalue weighted by atomic mass is 32.2. The van der Waals surface area contributed by atoms with Crippen LogP contribution in [0.4, 0.5) is 5.69 Å². The van der Waals surface area contributed by atoms with Crippen LogP contribution in [-0.2, 0) is 16.0 Å². The number of rotatable bonds is 6. The molecule has 3 rings (SSSR count). The van der Waals surface area contributed by atoms with E-state index >= 15 is 0 Å². The van der Waals surface area contributed by atoms with Gasteiger partial charge >= 0.3 is 0 Å². The van der Waals surface area contributed by atoms with Crippen molar-refractivity contribution < 1.29 is 19.1 Å². The van der Waals surface area contributed by atoms with E-state index in [1.807, 2.05) is 30.3 Å². The van der Waals surface area contributed by atoms with Crippen LogP contribution >= 0.6 is 11.8 Å². The molecule has 1 saturated heterocycles. The van der Waals surface area contributed by atoms with Crippen molar-refractivity contribution in [3.8, 4) is 17.6 Å². The Hall–Kier alpha value is -3.44. The smallest absolute Gasteiger partial charge is 0.264 e. The molecule has 1 N–H and O–H groups in total. The predicted molar refractivity (Wildman–Crippen MR) is 115 cm³/mol. The van der Waals surface area contributed by atoms with Gasteiger partial charge in [-0.05, 0) is 36.2 Å². The van der Waals surface area contributed by atoms with E-state index in [1.54, 1.807) is 31.4 Å². The molecule has 1 heterocycles. The molecule has 2 aromatic carbocycles. The second-order valence-electron chi connectivity index (χ2n) is 6.40. The van der Waals surface area contributed by atoms with E-state index < -0.39 is 11.2 Å². The minimum atomic E-state index is -0.536. The molecule has 1 fully saturated rings. The lowest BCUT2D eigenvalue weighted by Crippen LogP contribution is -2.31. The molecular formula is C22H21N3O4S. The van der Waals surface area contributed by atoms with Crippen molar-refractivity contribution in [2.75, 3.05) is 26.2 Å². The summed E-state index contributed by atoms with van der Waals surface area (Å²) in [4.78, 5) is 27.1. The van der Waals surface area contributed by atoms with Crippen LogP contribution in [-0.4, -0.2) is 38.3 Å². The molecule has 0 bridgehead atoms. The molecule has 1 aliphatic rings. The zero-order valence-corrected chi connectivity index (χ0v) is 17.7. The molecule has 30 heavy (non-hydrogen) atoms. The van der Waals surface area contributed by atoms with Crippen molar-refractivity contribution in [2.24, 2.45) is 0 Å². The van der Waals surface area contributed by atoms with Crippen LogP contribution < -0.4 is 19.7 Å². The van der Waals surface area contributed by atoms with Gasteiger partial charge in [-0.3, -0.25) is 14.5 Å². The van der Waals surface area contributed by atoms with Crippen molar-refractivity contribution in [2.45, 2.75) is 11.7 Å². The highest BCUT2D eigenvalue weighted by Gasteiger charge is 2.40. The van der Waals surface area contributed by atoms with Crippen molar-refractivity contribution in [3.63, 3.8) is 0 Å². The molecule has 1 aliphatic heterocycles. The maximum Gasteiger partial charge on any atom is 0.264 e. The summed E-state index contributed by atoms with van der Waals surface area (Å²) in [6.45, 7) is 0. The van der Waals surface area contributed by atoms with E-state index in [0.717, 1.165) is 11.3 Å². The highest BCUT2D eigenvalue weighted by Crippen LogP contribution is 2.42. The molecule has 0 spiro atoms. The number of likely N-dealkylation sites (N-methyl/N-ethyl adjacent to an activating group) is 1. The SMILES string of the molecule is CNC(=O)/C(C#N)=C1\S[C@@H](Cc2ccc(OC)cc2)C(=O)N1c1cccc(OC)c1. The van der Waals surface area contributed by atoms with Crippen LogP contribution in [0.15, 0.2) is 59.1 Å². The van der Waals surface area contributed by atoms with Crippen LogP contribution in [0.1, 0.15) is 5.56 Å². The fourth-order valence-corrected chi connectivity index (χ4v) is 4.38. The Kier molecular flexibility index (Phi) is 6.65. The fraction of sp³-hybridized carbons (Fsp3) is 0.227. The Morgan fingerprint density at radius 3 is 2.47 bits per heavy atom. The quantitative estimate of drug-likeness (QED) is 0.567. The van der Waals surface area contributed by atoms with Gasteiger partial charge in [-0.2, -0.15) is 5.26 Å². The summed E-state index contributed by atoms with van der Waals surface area (Å²) in [5, 5.41) is 11.9. The molecule has 2 amide bonds. The molecule has 2 aromatic rings.